The molecule has 0 aromatic carbocycles. The molecule has 1 aliphatic rings. The first kappa shape index (κ1) is 17.8. The molecule has 3 rings (SSSR count). The zero-order valence-electron chi connectivity index (χ0n) is 15.4. The molecule has 3 heterocycles. The number of likely N-dealkylation sites (tertiary alicyclic amines) is 1. The highest BCUT2D eigenvalue weighted by Crippen LogP contribution is 2.23. The zero-order valence-corrected chi connectivity index (χ0v) is 15.4. The molecule has 1 atom stereocenters. The summed E-state index contributed by atoms with van der Waals surface area (Å²) in [6, 6.07) is 4.12. The van der Waals surface area contributed by atoms with Crippen molar-refractivity contribution >= 4 is 0 Å². The van der Waals surface area contributed by atoms with Crippen molar-refractivity contribution in [2.75, 3.05) is 26.7 Å². The third kappa shape index (κ3) is 4.55. The van der Waals surface area contributed by atoms with Crippen molar-refractivity contribution in [3.63, 3.8) is 0 Å². The normalized spacial score (nSPS) is 17.9. The van der Waals surface area contributed by atoms with Crippen LogP contribution in [0.25, 0.3) is 0 Å². The van der Waals surface area contributed by atoms with Crippen LogP contribution >= 0.6 is 0 Å². The van der Waals surface area contributed by atoms with E-state index in [9.17, 15) is 4.79 Å². The minimum absolute atomic E-state index is 0.0730. The molecule has 0 amide bonds. The molecule has 0 spiro atoms. The molecule has 2 aromatic rings. The van der Waals surface area contributed by atoms with Gasteiger partial charge >= 0.3 is 0 Å². The number of aryl methyl sites for hydroxylation is 1. The molecule has 1 fully saturated rings. The molecule has 1 N–H and O–H groups in total. The highest BCUT2D eigenvalue weighted by molar-refractivity contribution is 5.03. The highest BCUT2D eigenvalue weighted by atomic mass is 16.1. The van der Waals surface area contributed by atoms with Gasteiger partial charge in [0.05, 0.1) is 12.6 Å². The third-order valence-corrected chi connectivity index (χ3v) is 5.23. The van der Waals surface area contributed by atoms with Gasteiger partial charge in [-0.1, -0.05) is 0 Å². The molecule has 1 saturated heterocycles. The molecule has 0 aliphatic carbocycles. The topological polar surface area (TPSA) is 70.1 Å². The second-order valence-corrected chi connectivity index (χ2v) is 6.96. The Labute approximate surface area is 148 Å². The molecule has 0 unspecified atom stereocenters. The van der Waals surface area contributed by atoms with E-state index in [1.807, 2.05) is 30.1 Å². The Hall–Kier alpha value is -1.99. The SMILES string of the molecule is Cc1cc(=O)[nH]c([C@H](C)N(C)C2CCN(CCn3cccn3)CC2)n1. The molecule has 0 bridgehead atoms. The second kappa shape index (κ2) is 7.93. The smallest absolute Gasteiger partial charge is 0.251 e. The average molecular weight is 344 g/mol. The summed E-state index contributed by atoms with van der Waals surface area (Å²) in [7, 11) is 2.14. The van der Waals surface area contributed by atoms with E-state index in [-0.39, 0.29) is 11.6 Å². The maximum absolute atomic E-state index is 11.7. The van der Waals surface area contributed by atoms with E-state index in [0.29, 0.717) is 6.04 Å². The lowest BCUT2D eigenvalue weighted by Crippen LogP contribution is -2.45. The lowest BCUT2D eigenvalue weighted by atomic mass is 10.0. The maximum atomic E-state index is 11.7. The summed E-state index contributed by atoms with van der Waals surface area (Å²) < 4.78 is 1.99. The van der Waals surface area contributed by atoms with Gasteiger partial charge in [-0.15, -0.1) is 0 Å². The molecular weight excluding hydrogens is 316 g/mol. The molecule has 25 heavy (non-hydrogen) atoms. The predicted molar refractivity (Wildman–Crippen MR) is 97.5 cm³/mol. The van der Waals surface area contributed by atoms with Crippen molar-refractivity contribution in [1.82, 2.24) is 29.5 Å². The van der Waals surface area contributed by atoms with Gasteiger partial charge < -0.3 is 9.88 Å². The van der Waals surface area contributed by atoms with E-state index >= 15 is 0 Å². The second-order valence-electron chi connectivity index (χ2n) is 6.96. The number of hydrogen-bond acceptors (Lipinski definition) is 5. The number of rotatable bonds is 6. The van der Waals surface area contributed by atoms with Gasteiger partial charge in [0.25, 0.3) is 5.56 Å². The predicted octanol–water partition coefficient (Wildman–Crippen LogP) is 1.43. The number of aromatic nitrogens is 4. The van der Waals surface area contributed by atoms with Gasteiger partial charge in [0.2, 0.25) is 0 Å². The number of aromatic amines is 1. The molecule has 2 aromatic heterocycles. The number of nitrogens with one attached hydrogen (secondary N) is 1. The van der Waals surface area contributed by atoms with Gasteiger partial charge in [-0.05, 0) is 52.9 Å². The first-order chi connectivity index (χ1) is 12.0. The molecule has 1 aliphatic heterocycles. The van der Waals surface area contributed by atoms with Crippen LogP contribution in [0, 0.1) is 6.92 Å². The van der Waals surface area contributed by atoms with Crippen LogP contribution in [0.2, 0.25) is 0 Å². The minimum Gasteiger partial charge on any atom is -0.309 e. The lowest BCUT2D eigenvalue weighted by molar-refractivity contribution is 0.0964. The number of hydrogen-bond donors (Lipinski definition) is 1. The van der Waals surface area contributed by atoms with Gasteiger partial charge in [0.15, 0.2) is 0 Å². The van der Waals surface area contributed by atoms with E-state index in [2.05, 4.69) is 38.8 Å². The van der Waals surface area contributed by atoms with Crippen molar-refractivity contribution in [3.05, 3.63) is 46.4 Å². The first-order valence-electron chi connectivity index (χ1n) is 9.02. The summed E-state index contributed by atoms with van der Waals surface area (Å²) in [4.78, 5) is 23.9. The van der Waals surface area contributed by atoms with Crippen molar-refractivity contribution in [3.8, 4) is 0 Å². The van der Waals surface area contributed by atoms with E-state index in [1.54, 1.807) is 0 Å². The van der Waals surface area contributed by atoms with Crippen molar-refractivity contribution < 1.29 is 0 Å². The monoisotopic (exact) mass is 344 g/mol. The molecule has 0 radical (unpaired) electrons. The largest absolute Gasteiger partial charge is 0.309 e. The van der Waals surface area contributed by atoms with Crippen LogP contribution in [0.4, 0.5) is 0 Å². The van der Waals surface area contributed by atoms with Crippen LogP contribution in [-0.2, 0) is 6.54 Å². The Kier molecular flexibility index (Phi) is 5.65. The minimum atomic E-state index is -0.0730. The summed E-state index contributed by atoms with van der Waals surface area (Å²) in [5.74, 6) is 0.758. The van der Waals surface area contributed by atoms with E-state index in [0.717, 1.165) is 50.5 Å². The van der Waals surface area contributed by atoms with E-state index in [4.69, 9.17) is 0 Å². The molecular formula is C18H28N6O. The van der Waals surface area contributed by atoms with Gasteiger partial charge in [0, 0.05) is 36.7 Å². The third-order valence-electron chi connectivity index (χ3n) is 5.23. The van der Waals surface area contributed by atoms with Gasteiger partial charge in [-0.2, -0.15) is 5.10 Å². The summed E-state index contributed by atoms with van der Waals surface area (Å²) >= 11 is 0. The van der Waals surface area contributed by atoms with Crippen LogP contribution < -0.4 is 5.56 Å². The van der Waals surface area contributed by atoms with Gasteiger partial charge in [-0.25, -0.2) is 4.98 Å². The zero-order chi connectivity index (χ0) is 17.8. The van der Waals surface area contributed by atoms with Crippen molar-refractivity contribution in [1.29, 1.82) is 0 Å². The summed E-state index contributed by atoms with van der Waals surface area (Å²) in [5, 5.41) is 4.26. The first-order valence-corrected chi connectivity index (χ1v) is 9.02. The Morgan fingerprint density at radius 2 is 2.12 bits per heavy atom. The maximum Gasteiger partial charge on any atom is 0.251 e. The fraction of sp³-hybridized carbons (Fsp3) is 0.611. The fourth-order valence-electron chi connectivity index (χ4n) is 3.54. The van der Waals surface area contributed by atoms with Crippen LogP contribution in [0.15, 0.2) is 29.3 Å². The van der Waals surface area contributed by atoms with Crippen LogP contribution in [-0.4, -0.2) is 62.3 Å². The Balaban J connectivity index is 1.52. The molecule has 136 valence electrons. The standard InChI is InChI=1S/C18H28N6O/c1-14-13-17(25)21-18(20-14)15(2)22(3)16-5-9-23(10-6-16)11-12-24-8-4-7-19-24/h4,7-8,13,15-16H,5-6,9-12H2,1-3H3,(H,20,21,25)/t15-/m0/s1. The van der Waals surface area contributed by atoms with E-state index in [1.165, 1.54) is 6.07 Å². The average Bonchev–Trinajstić information content (AvgIpc) is 3.12. The van der Waals surface area contributed by atoms with Crippen LogP contribution in [0.1, 0.15) is 37.3 Å². The summed E-state index contributed by atoms with van der Waals surface area (Å²) in [5.41, 5.74) is 0.698. The lowest BCUT2D eigenvalue weighted by Gasteiger charge is -2.39. The highest BCUT2D eigenvalue weighted by Gasteiger charge is 2.26. The van der Waals surface area contributed by atoms with E-state index < -0.39 is 0 Å². The Bertz CT molecular complexity index is 717. The molecule has 7 heteroatoms. The van der Waals surface area contributed by atoms with Gasteiger partial charge in [-0.3, -0.25) is 14.4 Å². The molecule has 0 saturated carbocycles. The molecule has 7 nitrogen and oxygen atoms in total. The summed E-state index contributed by atoms with van der Waals surface area (Å²) in [6.07, 6.45) is 6.11. The Morgan fingerprint density at radius 3 is 2.76 bits per heavy atom. The fourth-order valence-corrected chi connectivity index (χ4v) is 3.54. The number of nitrogens with zero attached hydrogens (tertiary/aromatic N) is 5. The Morgan fingerprint density at radius 1 is 1.36 bits per heavy atom. The van der Waals surface area contributed by atoms with Crippen molar-refractivity contribution in [2.45, 2.75) is 45.3 Å². The quantitative estimate of drug-likeness (QED) is 0.858. The van der Waals surface area contributed by atoms with Gasteiger partial charge in [0.1, 0.15) is 5.82 Å². The summed E-state index contributed by atoms with van der Waals surface area (Å²) in [6.45, 7) is 8.16. The number of H-pyrrole nitrogens is 1. The van der Waals surface area contributed by atoms with Crippen LogP contribution in [0.3, 0.4) is 0 Å². The van der Waals surface area contributed by atoms with Crippen LogP contribution in [0.5, 0.6) is 0 Å². The van der Waals surface area contributed by atoms with Crippen molar-refractivity contribution in [2.24, 2.45) is 0 Å². The number of piperidine rings is 1.